The Balaban J connectivity index is 2.07. The van der Waals surface area contributed by atoms with Crippen LogP contribution >= 0.6 is 11.6 Å². The Labute approximate surface area is 159 Å². The molecule has 0 aliphatic heterocycles. The van der Waals surface area contributed by atoms with Gasteiger partial charge in [0.1, 0.15) is 0 Å². The number of allylic oxidation sites excluding steroid dienone is 1. The third kappa shape index (κ3) is 5.17. The molecule has 0 saturated carbocycles. The van der Waals surface area contributed by atoms with Gasteiger partial charge in [-0.25, -0.2) is 0 Å². The molecule has 0 aromatic heterocycles. The predicted molar refractivity (Wildman–Crippen MR) is 108 cm³/mol. The van der Waals surface area contributed by atoms with Crippen LogP contribution in [-0.2, 0) is 4.79 Å². The maximum absolute atomic E-state index is 12.3. The van der Waals surface area contributed by atoms with Gasteiger partial charge in [0.15, 0.2) is 18.1 Å². The Morgan fingerprint density at radius 3 is 2.62 bits per heavy atom. The number of amides is 1. The minimum absolute atomic E-state index is 0.140. The van der Waals surface area contributed by atoms with Crippen molar-refractivity contribution < 1.29 is 14.3 Å². The average Bonchev–Trinajstić information content (AvgIpc) is 2.60. The maximum atomic E-state index is 12.3. The highest BCUT2D eigenvalue weighted by atomic mass is 35.5. The molecule has 2 rings (SSSR count). The lowest BCUT2D eigenvalue weighted by Gasteiger charge is -2.18. The number of carbonyl (C=O) groups is 1. The maximum Gasteiger partial charge on any atom is 0.262 e. The summed E-state index contributed by atoms with van der Waals surface area (Å²) >= 11 is 6.03. The van der Waals surface area contributed by atoms with Crippen molar-refractivity contribution in [3.8, 4) is 11.5 Å². The molecule has 0 fully saturated rings. The fraction of sp³-hybridized carbons (Fsp3) is 0.250. The second-order valence-electron chi connectivity index (χ2n) is 5.80. The molecule has 0 aliphatic carbocycles. The Morgan fingerprint density at radius 2 is 1.96 bits per heavy atom. The molecule has 0 atom stereocenters. The zero-order valence-corrected chi connectivity index (χ0v) is 16.1. The van der Waals surface area contributed by atoms with Crippen molar-refractivity contribution in [2.24, 2.45) is 0 Å². The van der Waals surface area contributed by atoms with Crippen molar-refractivity contribution in [1.82, 2.24) is 0 Å². The third-order valence-corrected chi connectivity index (χ3v) is 3.86. The van der Waals surface area contributed by atoms with E-state index in [1.54, 1.807) is 25.3 Å². The first-order valence-corrected chi connectivity index (χ1v) is 8.52. The van der Waals surface area contributed by atoms with Crippen molar-refractivity contribution in [2.75, 3.05) is 38.0 Å². The second-order valence-corrected chi connectivity index (χ2v) is 6.24. The van der Waals surface area contributed by atoms with Gasteiger partial charge in [-0.2, -0.15) is 0 Å². The van der Waals surface area contributed by atoms with E-state index in [2.05, 4.69) is 5.32 Å². The molecule has 0 saturated heterocycles. The smallest absolute Gasteiger partial charge is 0.262 e. The van der Waals surface area contributed by atoms with Gasteiger partial charge in [-0.1, -0.05) is 29.8 Å². The lowest BCUT2D eigenvalue weighted by Crippen LogP contribution is -2.22. The molecule has 5 nitrogen and oxygen atoms in total. The summed E-state index contributed by atoms with van der Waals surface area (Å²) in [6.07, 6.45) is 3.90. The van der Waals surface area contributed by atoms with Crippen molar-refractivity contribution in [2.45, 2.75) is 6.92 Å². The van der Waals surface area contributed by atoms with Gasteiger partial charge in [-0.05, 0) is 42.8 Å². The van der Waals surface area contributed by atoms with E-state index < -0.39 is 0 Å². The van der Waals surface area contributed by atoms with E-state index in [9.17, 15) is 4.79 Å². The Morgan fingerprint density at radius 1 is 1.19 bits per heavy atom. The quantitative estimate of drug-likeness (QED) is 0.777. The van der Waals surface area contributed by atoms with E-state index in [0.717, 1.165) is 11.3 Å². The number of halogens is 1. The molecule has 2 aromatic carbocycles. The summed E-state index contributed by atoms with van der Waals surface area (Å²) in [6.45, 7) is 1.80. The number of anilines is 2. The van der Waals surface area contributed by atoms with Crippen LogP contribution in [0, 0.1) is 0 Å². The van der Waals surface area contributed by atoms with Crippen LogP contribution in [0.15, 0.2) is 42.5 Å². The highest BCUT2D eigenvalue weighted by molar-refractivity contribution is 6.31. The fourth-order valence-electron chi connectivity index (χ4n) is 2.43. The molecule has 0 spiro atoms. The first kappa shape index (κ1) is 19.7. The van der Waals surface area contributed by atoms with Crippen LogP contribution in [0.2, 0.25) is 5.02 Å². The van der Waals surface area contributed by atoms with Crippen LogP contribution in [0.1, 0.15) is 12.5 Å². The van der Waals surface area contributed by atoms with Crippen LogP contribution < -0.4 is 19.7 Å². The van der Waals surface area contributed by atoms with Crippen molar-refractivity contribution in [3.05, 3.63) is 53.1 Å². The number of hydrogen-bond donors (Lipinski definition) is 1. The molecular weight excluding hydrogens is 352 g/mol. The summed E-state index contributed by atoms with van der Waals surface area (Å²) in [6, 6.07) is 10.9. The zero-order valence-electron chi connectivity index (χ0n) is 15.4. The molecule has 2 aromatic rings. The first-order chi connectivity index (χ1) is 12.4. The SMILES string of the molecule is C/C=C/c1ccc(OCC(=O)Nc2cc(Cl)ccc2N(C)C)c(OC)c1. The number of nitrogens with one attached hydrogen (secondary N) is 1. The normalized spacial score (nSPS) is 10.7. The molecule has 0 unspecified atom stereocenters. The molecule has 0 heterocycles. The molecule has 0 radical (unpaired) electrons. The largest absolute Gasteiger partial charge is 0.493 e. The van der Waals surface area contributed by atoms with E-state index in [1.165, 1.54) is 0 Å². The summed E-state index contributed by atoms with van der Waals surface area (Å²) < 4.78 is 11.0. The van der Waals surface area contributed by atoms with Crippen LogP contribution in [0.5, 0.6) is 11.5 Å². The van der Waals surface area contributed by atoms with E-state index >= 15 is 0 Å². The van der Waals surface area contributed by atoms with Crippen LogP contribution in [-0.4, -0.2) is 33.7 Å². The number of carbonyl (C=O) groups excluding carboxylic acids is 1. The van der Waals surface area contributed by atoms with Gasteiger partial charge in [0.05, 0.1) is 18.5 Å². The average molecular weight is 375 g/mol. The minimum Gasteiger partial charge on any atom is -0.493 e. The monoisotopic (exact) mass is 374 g/mol. The van der Waals surface area contributed by atoms with Crippen molar-refractivity contribution in [1.29, 1.82) is 0 Å². The highest BCUT2D eigenvalue weighted by Crippen LogP contribution is 2.30. The van der Waals surface area contributed by atoms with Gasteiger partial charge in [0, 0.05) is 19.1 Å². The van der Waals surface area contributed by atoms with E-state index in [0.29, 0.717) is 22.2 Å². The number of nitrogens with zero attached hydrogens (tertiary/aromatic N) is 1. The number of hydrogen-bond acceptors (Lipinski definition) is 4. The topological polar surface area (TPSA) is 50.8 Å². The number of rotatable bonds is 7. The van der Waals surface area contributed by atoms with Crippen molar-refractivity contribution >= 4 is 35.0 Å². The second kappa shape index (κ2) is 9.15. The van der Waals surface area contributed by atoms with Crippen LogP contribution in [0.4, 0.5) is 11.4 Å². The Kier molecular flexibility index (Phi) is 6.92. The summed E-state index contributed by atoms with van der Waals surface area (Å²) in [4.78, 5) is 14.2. The summed E-state index contributed by atoms with van der Waals surface area (Å²) in [7, 11) is 5.36. The molecule has 0 aliphatic rings. The molecule has 0 bridgehead atoms. The van der Waals surface area contributed by atoms with Crippen LogP contribution in [0.25, 0.3) is 6.08 Å². The van der Waals surface area contributed by atoms with Gasteiger partial charge in [0.2, 0.25) is 0 Å². The lowest BCUT2D eigenvalue weighted by atomic mass is 10.2. The first-order valence-electron chi connectivity index (χ1n) is 8.15. The van der Waals surface area contributed by atoms with Crippen LogP contribution in [0.3, 0.4) is 0 Å². The Bertz CT molecular complexity index is 804. The van der Waals surface area contributed by atoms with E-state index in [-0.39, 0.29) is 12.5 Å². The molecular formula is C20H23ClN2O3. The fourth-order valence-corrected chi connectivity index (χ4v) is 2.60. The molecule has 26 heavy (non-hydrogen) atoms. The van der Waals surface area contributed by atoms with Gasteiger partial charge in [-0.15, -0.1) is 0 Å². The predicted octanol–water partition coefficient (Wildman–Crippen LogP) is 4.47. The standard InChI is InChI=1S/C20H23ClN2O3/c1-5-6-14-7-10-18(19(11-14)25-4)26-13-20(24)22-16-12-15(21)8-9-17(16)23(2)3/h5-12H,13H2,1-4H3,(H,22,24)/b6-5+. The summed E-state index contributed by atoms with van der Waals surface area (Å²) in [5.74, 6) is 0.801. The van der Waals surface area contributed by atoms with Crippen molar-refractivity contribution in [3.63, 3.8) is 0 Å². The molecule has 6 heteroatoms. The number of ether oxygens (including phenoxy) is 2. The van der Waals surface area contributed by atoms with Gasteiger partial charge < -0.3 is 19.7 Å². The third-order valence-electron chi connectivity index (χ3n) is 3.62. The van der Waals surface area contributed by atoms with Gasteiger partial charge in [0.25, 0.3) is 5.91 Å². The highest BCUT2D eigenvalue weighted by Gasteiger charge is 2.12. The van der Waals surface area contributed by atoms with E-state index in [1.807, 2.05) is 56.3 Å². The minimum atomic E-state index is -0.282. The lowest BCUT2D eigenvalue weighted by molar-refractivity contribution is -0.118. The van der Waals surface area contributed by atoms with Gasteiger partial charge in [-0.3, -0.25) is 4.79 Å². The molecule has 1 N–H and O–H groups in total. The zero-order chi connectivity index (χ0) is 19.1. The Hall–Kier alpha value is -2.66. The molecule has 1 amide bonds. The number of methoxy groups -OCH3 is 1. The number of benzene rings is 2. The van der Waals surface area contributed by atoms with E-state index in [4.69, 9.17) is 21.1 Å². The summed E-state index contributed by atoms with van der Waals surface area (Å²) in [5.41, 5.74) is 2.48. The van der Waals surface area contributed by atoms with Gasteiger partial charge >= 0.3 is 0 Å². The molecule has 138 valence electrons. The summed E-state index contributed by atoms with van der Waals surface area (Å²) in [5, 5.41) is 3.38.